The second-order valence-corrected chi connectivity index (χ2v) is 4.32. The smallest absolute Gasteiger partial charge is 0.349 e. The molecule has 0 saturated heterocycles. The van der Waals surface area contributed by atoms with E-state index in [4.69, 9.17) is 28.4 Å². The lowest BCUT2D eigenvalue weighted by atomic mass is 10.4. The van der Waals surface area contributed by atoms with Crippen LogP contribution < -0.4 is 0 Å². The van der Waals surface area contributed by atoms with Crippen molar-refractivity contribution in [1.82, 2.24) is 0 Å². The molecular formula is C16H28O7. The summed E-state index contributed by atoms with van der Waals surface area (Å²) in [7, 11) is 0. The van der Waals surface area contributed by atoms with Gasteiger partial charge in [0.05, 0.1) is 12.9 Å². The molecule has 0 bridgehead atoms. The monoisotopic (exact) mass is 332 g/mol. The van der Waals surface area contributed by atoms with Crippen molar-refractivity contribution in [3.63, 3.8) is 0 Å². The molecule has 7 heteroatoms. The van der Waals surface area contributed by atoms with E-state index in [0.717, 1.165) is 0 Å². The molecule has 23 heavy (non-hydrogen) atoms. The fourth-order valence-electron chi connectivity index (χ4n) is 1.66. The minimum absolute atomic E-state index is 0.0309. The van der Waals surface area contributed by atoms with Gasteiger partial charge in [-0.15, -0.1) is 0 Å². The van der Waals surface area contributed by atoms with Crippen molar-refractivity contribution in [2.24, 2.45) is 0 Å². The number of carbonyl (C=O) groups excluding carboxylic acids is 1. The van der Waals surface area contributed by atoms with Crippen molar-refractivity contribution in [2.45, 2.75) is 40.0 Å². The molecule has 0 heterocycles. The Labute approximate surface area is 138 Å². The summed E-state index contributed by atoms with van der Waals surface area (Å²) >= 11 is 0. The lowest BCUT2D eigenvalue weighted by molar-refractivity contribution is -0.448. The van der Waals surface area contributed by atoms with Crippen LogP contribution in [0.3, 0.4) is 0 Å². The first-order chi connectivity index (χ1) is 11.0. The van der Waals surface area contributed by atoms with E-state index in [0.29, 0.717) is 25.4 Å². The fraction of sp³-hybridized carbons (Fsp3) is 0.688. The molecule has 0 aromatic heterocycles. The van der Waals surface area contributed by atoms with Crippen molar-refractivity contribution >= 4 is 5.97 Å². The summed E-state index contributed by atoms with van der Waals surface area (Å²) in [5.41, 5.74) is 0.316. The van der Waals surface area contributed by atoms with Gasteiger partial charge < -0.3 is 28.4 Å². The molecule has 0 saturated carbocycles. The number of hydrogen-bond donors (Lipinski definition) is 0. The highest BCUT2D eigenvalue weighted by atomic mass is 16.9. The minimum atomic E-state index is -1.52. The standard InChI is InChI=1S/C16H28O7/c1-7-18-15(20-12-11-19-14(17)13(5)6)16(21-8-2,22-9-3)23-10-4/h7,15H,1,5,8-12H2,2-4,6H3. The third-order valence-corrected chi connectivity index (χ3v) is 2.48. The van der Waals surface area contributed by atoms with E-state index in [1.165, 1.54) is 6.26 Å². The van der Waals surface area contributed by atoms with E-state index in [-0.39, 0.29) is 13.2 Å². The van der Waals surface area contributed by atoms with E-state index in [1.54, 1.807) is 27.7 Å². The van der Waals surface area contributed by atoms with Gasteiger partial charge >= 0.3 is 11.9 Å². The molecule has 1 unspecified atom stereocenters. The van der Waals surface area contributed by atoms with Crippen LogP contribution in [0.15, 0.2) is 25.0 Å². The summed E-state index contributed by atoms with van der Waals surface area (Å²) in [4.78, 5) is 11.3. The van der Waals surface area contributed by atoms with Crippen molar-refractivity contribution in [3.8, 4) is 0 Å². The third-order valence-electron chi connectivity index (χ3n) is 2.48. The molecule has 1 atom stereocenters. The maximum Gasteiger partial charge on any atom is 0.349 e. The Balaban J connectivity index is 4.82. The van der Waals surface area contributed by atoms with E-state index in [2.05, 4.69) is 13.2 Å². The van der Waals surface area contributed by atoms with Crippen LogP contribution in [-0.2, 0) is 33.2 Å². The topological polar surface area (TPSA) is 72.5 Å². The Bertz CT molecular complexity index is 350. The lowest BCUT2D eigenvalue weighted by Crippen LogP contribution is -2.52. The van der Waals surface area contributed by atoms with Gasteiger partial charge in [0.2, 0.25) is 0 Å². The summed E-state index contributed by atoms with van der Waals surface area (Å²) in [6.07, 6.45) is 0.180. The first-order valence-corrected chi connectivity index (χ1v) is 7.59. The molecule has 0 aliphatic rings. The van der Waals surface area contributed by atoms with E-state index < -0.39 is 18.2 Å². The lowest BCUT2D eigenvalue weighted by Gasteiger charge is -2.37. The van der Waals surface area contributed by atoms with E-state index in [1.807, 2.05) is 0 Å². The van der Waals surface area contributed by atoms with E-state index >= 15 is 0 Å². The molecular weight excluding hydrogens is 304 g/mol. The maximum atomic E-state index is 11.3. The van der Waals surface area contributed by atoms with E-state index in [9.17, 15) is 4.79 Å². The highest BCUT2D eigenvalue weighted by Gasteiger charge is 2.45. The number of esters is 1. The predicted molar refractivity (Wildman–Crippen MR) is 84.4 cm³/mol. The Hall–Kier alpha value is -1.41. The van der Waals surface area contributed by atoms with Crippen LogP contribution in [0, 0.1) is 0 Å². The van der Waals surface area contributed by atoms with Crippen LogP contribution in [0.4, 0.5) is 0 Å². The highest BCUT2D eigenvalue weighted by molar-refractivity contribution is 5.86. The molecule has 0 radical (unpaired) electrons. The van der Waals surface area contributed by atoms with Gasteiger partial charge in [-0.25, -0.2) is 4.79 Å². The van der Waals surface area contributed by atoms with Gasteiger partial charge in [-0.1, -0.05) is 13.2 Å². The SMILES string of the molecule is C=COC(OCCOC(=O)C(=C)C)C(OCC)(OCC)OCC. The first-order valence-electron chi connectivity index (χ1n) is 7.59. The Kier molecular flexibility index (Phi) is 11.3. The van der Waals surface area contributed by atoms with Gasteiger partial charge in [0.25, 0.3) is 6.29 Å². The quantitative estimate of drug-likeness (QED) is 0.159. The minimum Gasteiger partial charge on any atom is -0.465 e. The van der Waals surface area contributed by atoms with Crippen molar-refractivity contribution < 1.29 is 33.2 Å². The normalized spacial score (nSPS) is 12.5. The van der Waals surface area contributed by atoms with Gasteiger partial charge in [0.1, 0.15) is 6.61 Å². The molecule has 0 spiro atoms. The highest BCUT2D eigenvalue weighted by Crippen LogP contribution is 2.24. The van der Waals surface area contributed by atoms with Crippen LogP contribution in [0.2, 0.25) is 0 Å². The average molecular weight is 332 g/mol. The average Bonchev–Trinajstić information content (AvgIpc) is 2.50. The third kappa shape index (κ3) is 7.60. The second-order valence-electron chi connectivity index (χ2n) is 4.32. The summed E-state index contributed by atoms with van der Waals surface area (Å²) in [6.45, 7) is 15.0. The van der Waals surface area contributed by atoms with Gasteiger partial charge in [-0.2, -0.15) is 0 Å². The van der Waals surface area contributed by atoms with Gasteiger partial charge in [-0.05, 0) is 27.7 Å². The number of ether oxygens (including phenoxy) is 6. The zero-order valence-corrected chi connectivity index (χ0v) is 14.5. The molecule has 0 fully saturated rings. The fourth-order valence-corrected chi connectivity index (χ4v) is 1.66. The van der Waals surface area contributed by atoms with Crippen LogP contribution in [0.1, 0.15) is 27.7 Å². The number of hydrogen-bond acceptors (Lipinski definition) is 7. The molecule has 0 N–H and O–H groups in total. The molecule has 0 aromatic rings. The zero-order chi connectivity index (χ0) is 17.7. The molecule has 7 nitrogen and oxygen atoms in total. The molecule has 0 rings (SSSR count). The molecule has 0 aliphatic heterocycles. The van der Waals surface area contributed by atoms with Gasteiger partial charge in [0.15, 0.2) is 0 Å². The first kappa shape index (κ1) is 21.6. The van der Waals surface area contributed by atoms with Crippen LogP contribution in [-0.4, -0.2) is 51.3 Å². The van der Waals surface area contributed by atoms with Gasteiger partial charge in [0, 0.05) is 25.4 Å². The van der Waals surface area contributed by atoms with Crippen LogP contribution in [0.25, 0.3) is 0 Å². The van der Waals surface area contributed by atoms with Gasteiger partial charge in [-0.3, -0.25) is 0 Å². The largest absolute Gasteiger partial charge is 0.465 e. The van der Waals surface area contributed by atoms with Crippen LogP contribution in [0.5, 0.6) is 0 Å². The predicted octanol–water partition coefficient (Wildman–Crippen LogP) is 2.37. The molecule has 0 aromatic carbocycles. The summed E-state index contributed by atoms with van der Waals surface area (Å²) in [5, 5.41) is 0. The second kappa shape index (κ2) is 12.1. The summed E-state index contributed by atoms with van der Waals surface area (Å²) < 4.78 is 32.6. The molecule has 134 valence electrons. The Morgan fingerprint density at radius 1 is 1.09 bits per heavy atom. The molecule has 0 amide bonds. The Morgan fingerprint density at radius 2 is 1.61 bits per heavy atom. The number of carbonyl (C=O) groups is 1. The van der Waals surface area contributed by atoms with Crippen molar-refractivity contribution in [2.75, 3.05) is 33.0 Å². The van der Waals surface area contributed by atoms with Crippen molar-refractivity contribution in [3.05, 3.63) is 25.0 Å². The van der Waals surface area contributed by atoms with Crippen LogP contribution >= 0.6 is 0 Å². The molecule has 0 aliphatic carbocycles. The summed E-state index contributed by atoms with van der Waals surface area (Å²) in [5.74, 6) is -2.01. The summed E-state index contributed by atoms with van der Waals surface area (Å²) in [6, 6.07) is 0. The number of rotatable bonds is 14. The Morgan fingerprint density at radius 3 is 2.00 bits per heavy atom. The zero-order valence-electron chi connectivity index (χ0n) is 14.5. The van der Waals surface area contributed by atoms with Crippen molar-refractivity contribution in [1.29, 1.82) is 0 Å². The maximum absolute atomic E-state index is 11.3.